The average Bonchev–Trinajstić information content (AvgIpc) is 2.54. The largest absolute Gasteiger partial charge is 0.192 e. The number of aryl methyl sites for hydroxylation is 2. The maximum absolute atomic E-state index is 9.49. The highest BCUT2D eigenvalue weighted by Crippen LogP contribution is 2.20. The minimum absolute atomic E-state index is 0.848. The first-order valence-electron chi connectivity index (χ1n) is 9.29. The van der Waals surface area contributed by atoms with Crippen molar-refractivity contribution in [2.45, 2.75) is 79.6 Å². The maximum atomic E-state index is 9.49. The summed E-state index contributed by atoms with van der Waals surface area (Å²) in [5, 5.41) is 9.49. The molecule has 1 aromatic rings. The number of nitrogens with zero attached hydrogens (tertiary/aromatic N) is 1. The third-order valence-corrected chi connectivity index (χ3v) is 4.49. The highest BCUT2D eigenvalue weighted by molar-refractivity contribution is 5.45. The molecule has 0 amide bonds. The summed E-state index contributed by atoms with van der Waals surface area (Å²) in [5.41, 5.74) is 7.46. The summed E-state index contributed by atoms with van der Waals surface area (Å²) in [4.78, 5) is 0. The van der Waals surface area contributed by atoms with Crippen LogP contribution >= 0.6 is 0 Å². The Balaban J connectivity index is 2.79. The first kappa shape index (κ1) is 20.2. The van der Waals surface area contributed by atoms with E-state index in [0.29, 0.717) is 0 Å². The Morgan fingerprint density at radius 3 is 2.46 bits per heavy atom. The molecule has 0 saturated carbocycles. The van der Waals surface area contributed by atoms with Crippen molar-refractivity contribution in [1.82, 2.24) is 0 Å². The van der Waals surface area contributed by atoms with Crippen molar-refractivity contribution in [1.29, 1.82) is 5.26 Å². The van der Waals surface area contributed by atoms with E-state index < -0.39 is 0 Å². The van der Waals surface area contributed by atoms with Crippen LogP contribution in [-0.2, 0) is 12.8 Å². The molecule has 0 unspecified atom stereocenters. The Bertz CT molecular complexity index is 622. The van der Waals surface area contributed by atoms with Crippen LogP contribution in [0.1, 0.15) is 82.1 Å². The van der Waals surface area contributed by atoms with E-state index in [4.69, 9.17) is 0 Å². The molecule has 1 rings (SSSR count). The van der Waals surface area contributed by atoms with Gasteiger partial charge in [0.05, 0.1) is 11.6 Å². The van der Waals surface area contributed by atoms with Gasteiger partial charge in [0.1, 0.15) is 0 Å². The van der Waals surface area contributed by atoms with Gasteiger partial charge in [-0.2, -0.15) is 5.26 Å². The van der Waals surface area contributed by atoms with Gasteiger partial charge in [0, 0.05) is 0 Å². The molecule has 0 aliphatic carbocycles. The van der Waals surface area contributed by atoms with Crippen LogP contribution in [0.5, 0.6) is 0 Å². The molecule has 1 heteroatoms. The molecule has 0 aromatic heterocycles. The van der Waals surface area contributed by atoms with Crippen molar-refractivity contribution in [2.24, 2.45) is 0 Å². The molecule has 130 valence electrons. The van der Waals surface area contributed by atoms with Gasteiger partial charge < -0.3 is 0 Å². The third-order valence-electron chi connectivity index (χ3n) is 4.49. The maximum Gasteiger partial charge on any atom is 0.0994 e. The second-order valence-corrected chi connectivity index (χ2v) is 7.08. The molecule has 0 aliphatic heterocycles. The van der Waals surface area contributed by atoms with Crippen molar-refractivity contribution < 1.29 is 0 Å². The molecule has 0 N–H and O–H groups in total. The third kappa shape index (κ3) is 7.18. The molecule has 0 radical (unpaired) electrons. The number of hydrogen-bond donors (Lipinski definition) is 0. The molecule has 24 heavy (non-hydrogen) atoms. The lowest BCUT2D eigenvalue weighted by atomic mass is 9.94. The van der Waals surface area contributed by atoms with Gasteiger partial charge in [-0.25, -0.2) is 0 Å². The van der Waals surface area contributed by atoms with E-state index >= 15 is 0 Å². The van der Waals surface area contributed by atoms with Crippen LogP contribution in [0.4, 0.5) is 0 Å². The van der Waals surface area contributed by atoms with Crippen LogP contribution in [0.2, 0.25) is 0 Å². The van der Waals surface area contributed by atoms with Gasteiger partial charge in [0.15, 0.2) is 0 Å². The number of benzene rings is 1. The molecule has 0 aliphatic rings. The number of allylic oxidation sites excluding steroid dienone is 4. The summed E-state index contributed by atoms with van der Waals surface area (Å²) in [6.45, 7) is 10.9. The van der Waals surface area contributed by atoms with E-state index in [1.54, 1.807) is 0 Å². The van der Waals surface area contributed by atoms with Crippen molar-refractivity contribution in [3.8, 4) is 6.07 Å². The summed E-state index contributed by atoms with van der Waals surface area (Å²) < 4.78 is 0. The van der Waals surface area contributed by atoms with Gasteiger partial charge in [-0.15, -0.1) is 0 Å². The van der Waals surface area contributed by atoms with E-state index in [1.165, 1.54) is 41.5 Å². The second kappa shape index (κ2) is 10.9. The van der Waals surface area contributed by atoms with Crippen LogP contribution in [0.15, 0.2) is 35.4 Å². The zero-order chi connectivity index (χ0) is 17.9. The average molecular weight is 324 g/mol. The fourth-order valence-electron chi connectivity index (χ4n) is 2.90. The van der Waals surface area contributed by atoms with E-state index in [2.05, 4.69) is 65.0 Å². The van der Waals surface area contributed by atoms with Gasteiger partial charge in [0.25, 0.3) is 0 Å². The highest BCUT2D eigenvalue weighted by atomic mass is 14.2. The lowest BCUT2D eigenvalue weighted by Crippen LogP contribution is -1.97. The first-order valence-corrected chi connectivity index (χ1v) is 9.29. The molecule has 0 fully saturated rings. The fourth-order valence-corrected chi connectivity index (χ4v) is 2.90. The van der Waals surface area contributed by atoms with E-state index in [0.717, 1.165) is 36.8 Å². The quantitative estimate of drug-likeness (QED) is 0.361. The standard InChI is InChI=1S/C23H33N/c1-6-7-8-12-21-16-23(17-24)22(15-20(21)5)14-13-19(4)11-9-10-18(2)3/h10,13,15-16H,6-9,11-12,14H2,1-5H3/b19-13+. The van der Waals surface area contributed by atoms with Crippen LogP contribution < -0.4 is 0 Å². The van der Waals surface area contributed by atoms with Crippen molar-refractivity contribution in [3.63, 3.8) is 0 Å². The highest BCUT2D eigenvalue weighted by Gasteiger charge is 2.07. The molecular weight excluding hydrogens is 290 g/mol. The summed E-state index contributed by atoms with van der Waals surface area (Å²) in [7, 11) is 0. The second-order valence-electron chi connectivity index (χ2n) is 7.08. The lowest BCUT2D eigenvalue weighted by molar-refractivity contribution is 0.715. The number of unbranched alkanes of at least 4 members (excludes halogenated alkanes) is 2. The Labute approximate surface area is 149 Å². The Hall–Kier alpha value is -1.81. The molecular formula is C23H33N. The summed E-state index contributed by atoms with van der Waals surface area (Å²) in [6.07, 6.45) is 12.4. The zero-order valence-corrected chi connectivity index (χ0v) is 16.2. The van der Waals surface area contributed by atoms with E-state index in [1.807, 2.05) is 0 Å². The van der Waals surface area contributed by atoms with Crippen LogP contribution in [0, 0.1) is 18.3 Å². The Morgan fingerprint density at radius 1 is 1.08 bits per heavy atom. The SMILES string of the molecule is CCCCCc1cc(C#N)c(C/C=C(\C)CCC=C(C)C)cc1C. The smallest absolute Gasteiger partial charge is 0.0994 e. The zero-order valence-electron chi connectivity index (χ0n) is 16.2. The van der Waals surface area contributed by atoms with Gasteiger partial charge >= 0.3 is 0 Å². The molecule has 1 aromatic carbocycles. The molecule has 0 saturated heterocycles. The van der Waals surface area contributed by atoms with Crippen molar-refractivity contribution in [2.75, 3.05) is 0 Å². The van der Waals surface area contributed by atoms with Crippen LogP contribution in [0.3, 0.4) is 0 Å². The first-order chi connectivity index (χ1) is 11.5. The monoisotopic (exact) mass is 323 g/mol. The molecule has 0 bridgehead atoms. The fraction of sp³-hybridized carbons (Fsp3) is 0.522. The normalized spacial score (nSPS) is 11.2. The molecule has 0 spiro atoms. The number of rotatable bonds is 9. The van der Waals surface area contributed by atoms with Gasteiger partial charge in [-0.3, -0.25) is 0 Å². The van der Waals surface area contributed by atoms with Gasteiger partial charge in [-0.1, -0.05) is 49.1 Å². The van der Waals surface area contributed by atoms with Crippen molar-refractivity contribution in [3.05, 3.63) is 57.7 Å². The predicted octanol–water partition coefficient (Wildman–Crippen LogP) is 6.83. The van der Waals surface area contributed by atoms with Gasteiger partial charge in [0.2, 0.25) is 0 Å². The number of nitriles is 1. The Kier molecular flexibility index (Phi) is 9.16. The van der Waals surface area contributed by atoms with Gasteiger partial charge in [-0.05, 0) is 82.6 Å². The molecule has 0 atom stereocenters. The van der Waals surface area contributed by atoms with E-state index in [-0.39, 0.29) is 0 Å². The summed E-state index contributed by atoms with van der Waals surface area (Å²) >= 11 is 0. The summed E-state index contributed by atoms with van der Waals surface area (Å²) in [5.74, 6) is 0. The Morgan fingerprint density at radius 2 is 1.83 bits per heavy atom. The molecule has 1 nitrogen and oxygen atoms in total. The lowest BCUT2D eigenvalue weighted by Gasteiger charge is -2.10. The topological polar surface area (TPSA) is 23.8 Å². The van der Waals surface area contributed by atoms with Crippen LogP contribution in [0.25, 0.3) is 0 Å². The molecule has 0 heterocycles. The summed E-state index contributed by atoms with van der Waals surface area (Å²) in [6, 6.07) is 6.74. The van der Waals surface area contributed by atoms with Crippen molar-refractivity contribution >= 4 is 0 Å². The number of hydrogen-bond acceptors (Lipinski definition) is 1. The minimum Gasteiger partial charge on any atom is -0.192 e. The van der Waals surface area contributed by atoms with E-state index in [9.17, 15) is 5.26 Å². The predicted molar refractivity (Wildman–Crippen MR) is 105 cm³/mol. The van der Waals surface area contributed by atoms with Crippen LogP contribution in [-0.4, -0.2) is 0 Å². The minimum atomic E-state index is 0.848.